The molecule has 2 amide bonds. The number of aryl methyl sites for hydroxylation is 1. The summed E-state index contributed by atoms with van der Waals surface area (Å²) in [5.41, 5.74) is 1.50. The summed E-state index contributed by atoms with van der Waals surface area (Å²) in [6, 6.07) is 12.6. The Hall–Kier alpha value is -3.22. The minimum Gasteiger partial charge on any atom is -0.497 e. The Morgan fingerprint density at radius 2 is 1.84 bits per heavy atom. The number of hydrogen-bond acceptors (Lipinski definition) is 5. The fraction of sp³-hybridized carbons (Fsp3) is 0.440. The second-order valence-electron chi connectivity index (χ2n) is 8.98. The number of carbonyl (C=O) groups excluding carboxylic acids is 2. The Balaban J connectivity index is 1.75. The van der Waals surface area contributed by atoms with E-state index in [1.807, 2.05) is 63.2 Å². The quantitative estimate of drug-likeness (QED) is 0.678. The first-order chi connectivity index (χ1) is 15.2. The second-order valence-corrected chi connectivity index (χ2v) is 8.98. The maximum absolute atomic E-state index is 13.3. The highest BCUT2D eigenvalue weighted by Gasteiger charge is 2.28. The van der Waals surface area contributed by atoms with Crippen molar-refractivity contribution in [3.8, 4) is 17.2 Å². The van der Waals surface area contributed by atoms with Gasteiger partial charge >= 0.3 is 0 Å². The molecule has 0 saturated heterocycles. The Bertz CT molecular complexity index is 967. The normalized spacial score (nSPS) is 13.4. The van der Waals surface area contributed by atoms with Gasteiger partial charge in [0, 0.05) is 18.5 Å². The van der Waals surface area contributed by atoms with Crippen LogP contribution in [0.25, 0.3) is 0 Å². The van der Waals surface area contributed by atoms with Crippen LogP contribution in [0.1, 0.15) is 45.2 Å². The number of hydrogen-bond donors (Lipinski definition) is 1. The number of amides is 2. The SMILES string of the molecule is COc1cccc(CN(C(=O)CCc2ccc3c(c2)OCO3)[C@@H](C)C(=O)NC(C)(C)C)c1. The Morgan fingerprint density at radius 1 is 1.09 bits per heavy atom. The van der Waals surface area contributed by atoms with Crippen molar-refractivity contribution in [3.05, 3.63) is 53.6 Å². The molecule has 1 atom stereocenters. The molecular weight excluding hydrogens is 408 g/mol. The monoisotopic (exact) mass is 440 g/mol. The van der Waals surface area contributed by atoms with Gasteiger partial charge in [0.1, 0.15) is 11.8 Å². The average molecular weight is 441 g/mol. The molecule has 0 saturated carbocycles. The molecule has 0 fully saturated rings. The van der Waals surface area contributed by atoms with E-state index in [1.54, 1.807) is 18.9 Å². The molecule has 1 N–H and O–H groups in total. The summed E-state index contributed by atoms with van der Waals surface area (Å²) in [6.07, 6.45) is 0.814. The first-order valence-electron chi connectivity index (χ1n) is 10.8. The van der Waals surface area contributed by atoms with E-state index in [-0.39, 0.29) is 30.6 Å². The molecule has 1 heterocycles. The van der Waals surface area contributed by atoms with E-state index >= 15 is 0 Å². The van der Waals surface area contributed by atoms with Gasteiger partial charge in [-0.15, -0.1) is 0 Å². The van der Waals surface area contributed by atoms with E-state index < -0.39 is 6.04 Å². The number of rotatable bonds is 8. The highest BCUT2D eigenvalue weighted by Crippen LogP contribution is 2.32. The highest BCUT2D eigenvalue weighted by atomic mass is 16.7. The maximum Gasteiger partial charge on any atom is 0.242 e. The summed E-state index contributed by atoms with van der Waals surface area (Å²) in [6.45, 7) is 8.06. The molecule has 0 aromatic heterocycles. The van der Waals surface area contributed by atoms with Crippen LogP contribution in [-0.4, -0.2) is 42.2 Å². The Kier molecular flexibility index (Phi) is 7.28. The lowest BCUT2D eigenvalue weighted by Gasteiger charge is -2.31. The van der Waals surface area contributed by atoms with Crippen LogP contribution in [-0.2, 0) is 22.6 Å². The smallest absolute Gasteiger partial charge is 0.242 e. The minimum atomic E-state index is -0.621. The van der Waals surface area contributed by atoms with Crippen LogP contribution < -0.4 is 19.5 Å². The van der Waals surface area contributed by atoms with Gasteiger partial charge in [-0.3, -0.25) is 9.59 Å². The zero-order valence-electron chi connectivity index (χ0n) is 19.4. The van der Waals surface area contributed by atoms with Crippen molar-refractivity contribution in [2.75, 3.05) is 13.9 Å². The lowest BCUT2D eigenvalue weighted by molar-refractivity contribution is -0.141. The van der Waals surface area contributed by atoms with Gasteiger partial charge < -0.3 is 24.4 Å². The zero-order chi connectivity index (χ0) is 23.3. The van der Waals surface area contributed by atoms with Crippen LogP contribution in [0.3, 0.4) is 0 Å². The largest absolute Gasteiger partial charge is 0.497 e. The van der Waals surface area contributed by atoms with Crippen molar-refractivity contribution in [2.24, 2.45) is 0 Å². The van der Waals surface area contributed by atoms with Crippen LogP contribution in [0.5, 0.6) is 17.2 Å². The average Bonchev–Trinajstić information content (AvgIpc) is 3.22. The number of benzene rings is 2. The van der Waals surface area contributed by atoms with E-state index in [4.69, 9.17) is 14.2 Å². The van der Waals surface area contributed by atoms with Gasteiger partial charge in [-0.05, 0) is 69.5 Å². The van der Waals surface area contributed by atoms with Crippen LogP contribution in [0.2, 0.25) is 0 Å². The molecule has 0 bridgehead atoms. The molecular formula is C25H32N2O5. The van der Waals surface area contributed by atoms with Crippen molar-refractivity contribution in [1.29, 1.82) is 0 Å². The molecule has 2 aromatic rings. The predicted octanol–water partition coefficient (Wildman–Crippen LogP) is 3.69. The molecule has 0 radical (unpaired) electrons. The minimum absolute atomic E-state index is 0.0953. The van der Waals surface area contributed by atoms with Crippen LogP contribution in [0.4, 0.5) is 0 Å². The third-order valence-electron chi connectivity index (χ3n) is 5.22. The number of carbonyl (C=O) groups is 2. The zero-order valence-corrected chi connectivity index (χ0v) is 19.4. The molecule has 1 aliphatic rings. The first kappa shape index (κ1) is 23.4. The summed E-state index contributed by atoms with van der Waals surface area (Å²) < 4.78 is 16.1. The molecule has 172 valence electrons. The van der Waals surface area contributed by atoms with E-state index in [1.165, 1.54) is 0 Å². The standard InChI is InChI=1S/C25H32N2O5/c1-17(24(29)26-25(2,3)4)27(15-19-7-6-8-20(13-19)30-5)23(28)12-10-18-9-11-21-22(14-18)32-16-31-21/h6-9,11,13-14,17H,10,12,15-16H2,1-5H3,(H,26,29)/t17-/m0/s1. The molecule has 2 aromatic carbocycles. The topological polar surface area (TPSA) is 77.1 Å². The van der Waals surface area contributed by atoms with Gasteiger partial charge in [-0.2, -0.15) is 0 Å². The summed E-state index contributed by atoms with van der Waals surface area (Å²) in [7, 11) is 1.60. The van der Waals surface area contributed by atoms with Gasteiger partial charge in [-0.25, -0.2) is 0 Å². The molecule has 0 unspecified atom stereocenters. The number of ether oxygens (including phenoxy) is 3. The third kappa shape index (κ3) is 6.15. The molecule has 7 heteroatoms. The van der Waals surface area contributed by atoms with Crippen molar-refractivity contribution < 1.29 is 23.8 Å². The maximum atomic E-state index is 13.3. The molecule has 32 heavy (non-hydrogen) atoms. The first-order valence-corrected chi connectivity index (χ1v) is 10.8. The van der Waals surface area contributed by atoms with E-state index in [0.717, 1.165) is 11.1 Å². The Morgan fingerprint density at radius 3 is 2.56 bits per heavy atom. The number of nitrogens with one attached hydrogen (secondary N) is 1. The van der Waals surface area contributed by atoms with Gasteiger partial charge in [0.25, 0.3) is 0 Å². The summed E-state index contributed by atoms with van der Waals surface area (Å²) >= 11 is 0. The second kappa shape index (κ2) is 9.94. The molecule has 0 spiro atoms. The summed E-state index contributed by atoms with van der Waals surface area (Å²) in [5, 5.41) is 2.98. The number of methoxy groups -OCH3 is 1. The van der Waals surface area contributed by atoms with Crippen molar-refractivity contribution in [3.63, 3.8) is 0 Å². The third-order valence-corrected chi connectivity index (χ3v) is 5.22. The predicted molar refractivity (Wildman–Crippen MR) is 122 cm³/mol. The fourth-order valence-electron chi connectivity index (χ4n) is 3.52. The van der Waals surface area contributed by atoms with Crippen LogP contribution in [0.15, 0.2) is 42.5 Å². The summed E-state index contributed by atoms with van der Waals surface area (Å²) in [5.74, 6) is 1.84. The van der Waals surface area contributed by atoms with Gasteiger partial charge in [0.05, 0.1) is 7.11 Å². The molecule has 7 nitrogen and oxygen atoms in total. The molecule has 3 rings (SSSR count). The van der Waals surface area contributed by atoms with E-state index in [0.29, 0.717) is 30.2 Å². The lowest BCUT2D eigenvalue weighted by Crippen LogP contribution is -2.52. The van der Waals surface area contributed by atoms with Crippen LogP contribution in [0, 0.1) is 0 Å². The van der Waals surface area contributed by atoms with Crippen LogP contribution >= 0.6 is 0 Å². The van der Waals surface area contributed by atoms with E-state index in [2.05, 4.69) is 5.32 Å². The Labute approximate surface area is 189 Å². The molecule has 0 aliphatic carbocycles. The van der Waals surface area contributed by atoms with E-state index in [9.17, 15) is 9.59 Å². The number of nitrogens with zero attached hydrogens (tertiary/aromatic N) is 1. The highest BCUT2D eigenvalue weighted by molar-refractivity contribution is 5.87. The summed E-state index contributed by atoms with van der Waals surface area (Å²) in [4.78, 5) is 27.8. The van der Waals surface area contributed by atoms with Crippen molar-refractivity contribution in [2.45, 2.75) is 58.7 Å². The fourth-order valence-corrected chi connectivity index (χ4v) is 3.52. The van der Waals surface area contributed by atoms with Crippen molar-refractivity contribution in [1.82, 2.24) is 10.2 Å². The van der Waals surface area contributed by atoms with Crippen molar-refractivity contribution >= 4 is 11.8 Å². The van der Waals surface area contributed by atoms with Gasteiger partial charge in [-0.1, -0.05) is 18.2 Å². The lowest BCUT2D eigenvalue weighted by atomic mass is 10.1. The molecule has 1 aliphatic heterocycles. The van der Waals surface area contributed by atoms with Gasteiger partial charge in [0.15, 0.2) is 11.5 Å². The number of fused-ring (bicyclic) bond motifs is 1. The van der Waals surface area contributed by atoms with Gasteiger partial charge in [0.2, 0.25) is 18.6 Å².